The molecule has 2 heterocycles. The number of esters is 1. The molecule has 28 heavy (non-hydrogen) atoms. The maximum Gasteiger partial charge on any atom is 0.338 e. The summed E-state index contributed by atoms with van der Waals surface area (Å²) in [6.45, 7) is 0.223. The molecular formula is C21H22O7. The monoisotopic (exact) mass is 386 g/mol. The molecule has 1 N–H and O–H groups in total. The molecule has 2 aliphatic heterocycles. The molecule has 0 bridgehead atoms. The van der Waals surface area contributed by atoms with E-state index in [9.17, 15) is 9.90 Å². The van der Waals surface area contributed by atoms with Gasteiger partial charge in [-0.1, -0.05) is 48.5 Å². The van der Waals surface area contributed by atoms with Crippen LogP contribution in [0.5, 0.6) is 0 Å². The SMILES string of the molecule is COC1O[C@@H]2COC(c3ccccc3)O[C@H]2[C@H](O)[C@H]1OC(=O)c1ccccc1. The van der Waals surface area contributed by atoms with Gasteiger partial charge in [0.25, 0.3) is 0 Å². The third-order valence-corrected chi connectivity index (χ3v) is 4.87. The average Bonchev–Trinajstić information content (AvgIpc) is 2.76. The largest absolute Gasteiger partial charge is 0.450 e. The standard InChI is InChI=1S/C21H22O7/c1-24-21-18(27-19(23)13-8-4-2-5-9-13)16(22)17-15(26-21)12-25-20(28-17)14-10-6-3-7-11-14/h2-11,15-18,20-22H,12H2,1H3/t15-,16+,17-,18-,20?,21?/m1/s1. The number of hydrogen-bond donors (Lipinski definition) is 1. The quantitative estimate of drug-likeness (QED) is 0.806. The highest BCUT2D eigenvalue weighted by molar-refractivity contribution is 5.89. The normalized spacial score (nSPS) is 32.4. The molecule has 2 fully saturated rings. The predicted octanol–water partition coefficient (Wildman–Crippen LogP) is 2.06. The highest BCUT2D eigenvalue weighted by Crippen LogP contribution is 2.35. The number of rotatable bonds is 4. The molecule has 7 nitrogen and oxygen atoms in total. The zero-order valence-corrected chi connectivity index (χ0v) is 15.3. The maximum atomic E-state index is 12.5. The predicted molar refractivity (Wildman–Crippen MR) is 97.3 cm³/mol. The van der Waals surface area contributed by atoms with E-state index in [2.05, 4.69) is 0 Å². The number of ether oxygens (including phenoxy) is 5. The van der Waals surface area contributed by atoms with Crippen LogP contribution >= 0.6 is 0 Å². The summed E-state index contributed by atoms with van der Waals surface area (Å²) >= 11 is 0. The summed E-state index contributed by atoms with van der Waals surface area (Å²) in [5.41, 5.74) is 1.21. The zero-order chi connectivity index (χ0) is 19.5. The number of benzene rings is 2. The summed E-state index contributed by atoms with van der Waals surface area (Å²) in [6, 6.07) is 18.0. The fourth-order valence-corrected chi connectivity index (χ4v) is 3.43. The van der Waals surface area contributed by atoms with Gasteiger partial charge in [0.2, 0.25) is 0 Å². The lowest BCUT2D eigenvalue weighted by Gasteiger charge is -2.46. The van der Waals surface area contributed by atoms with E-state index in [0.717, 1.165) is 5.56 Å². The van der Waals surface area contributed by atoms with Crippen LogP contribution in [-0.4, -0.2) is 55.5 Å². The summed E-state index contributed by atoms with van der Waals surface area (Å²) in [5.74, 6) is -0.569. The number of aliphatic hydroxyl groups excluding tert-OH is 1. The highest BCUT2D eigenvalue weighted by Gasteiger charge is 2.51. The number of carbonyl (C=O) groups excluding carboxylic acids is 1. The van der Waals surface area contributed by atoms with Gasteiger partial charge in [0.1, 0.15) is 18.3 Å². The minimum Gasteiger partial charge on any atom is -0.450 e. The van der Waals surface area contributed by atoms with E-state index in [1.54, 1.807) is 30.3 Å². The number of fused-ring (bicyclic) bond motifs is 1. The third-order valence-electron chi connectivity index (χ3n) is 4.87. The third kappa shape index (κ3) is 3.80. The van der Waals surface area contributed by atoms with Crippen molar-refractivity contribution in [2.75, 3.05) is 13.7 Å². The van der Waals surface area contributed by atoms with Gasteiger partial charge in [-0.15, -0.1) is 0 Å². The first kappa shape index (κ1) is 19.0. The van der Waals surface area contributed by atoms with Crippen LogP contribution in [0.15, 0.2) is 60.7 Å². The highest BCUT2D eigenvalue weighted by atomic mass is 16.8. The molecule has 0 aliphatic carbocycles. The molecular weight excluding hydrogens is 364 g/mol. The van der Waals surface area contributed by atoms with E-state index in [0.29, 0.717) is 5.56 Å². The molecule has 2 unspecified atom stereocenters. The van der Waals surface area contributed by atoms with E-state index < -0.39 is 43.0 Å². The summed E-state index contributed by atoms with van der Waals surface area (Å²) in [6.07, 6.45) is -4.99. The van der Waals surface area contributed by atoms with Crippen molar-refractivity contribution in [2.45, 2.75) is 37.0 Å². The molecule has 7 heteroatoms. The van der Waals surface area contributed by atoms with Crippen LogP contribution in [0.1, 0.15) is 22.2 Å². The van der Waals surface area contributed by atoms with Crippen LogP contribution in [0.25, 0.3) is 0 Å². The van der Waals surface area contributed by atoms with Gasteiger partial charge in [-0.3, -0.25) is 0 Å². The van der Waals surface area contributed by atoms with Gasteiger partial charge in [-0.25, -0.2) is 4.79 Å². The Hall–Kier alpha value is -2.29. The molecule has 0 radical (unpaired) electrons. The smallest absolute Gasteiger partial charge is 0.338 e. The van der Waals surface area contributed by atoms with Gasteiger partial charge in [0.05, 0.1) is 12.2 Å². The molecule has 0 saturated carbocycles. The van der Waals surface area contributed by atoms with Crippen molar-refractivity contribution in [1.29, 1.82) is 0 Å². The number of carbonyl (C=O) groups is 1. The van der Waals surface area contributed by atoms with E-state index in [4.69, 9.17) is 23.7 Å². The van der Waals surface area contributed by atoms with Gasteiger partial charge in [-0.05, 0) is 12.1 Å². The first-order valence-corrected chi connectivity index (χ1v) is 9.11. The number of methoxy groups -OCH3 is 1. The Morgan fingerprint density at radius 1 is 1.04 bits per heavy atom. The summed E-state index contributed by atoms with van der Waals surface area (Å²) in [7, 11) is 1.43. The Morgan fingerprint density at radius 2 is 1.71 bits per heavy atom. The van der Waals surface area contributed by atoms with E-state index >= 15 is 0 Å². The molecule has 0 aromatic heterocycles. The van der Waals surface area contributed by atoms with E-state index in [-0.39, 0.29) is 6.61 Å². The Balaban J connectivity index is 1.50. The lowest BCUT2D eigenvalue weighted by atomic mass is 9.97. The van der Waals surface area contributed by atoms with Crippen molar-refractivity contribution in [1.82, 2.24) is 0 Å². The van der Waals surface area contributed by atoms with Gasteiger partial charge in [-0.2, -0.15) is 0 Å². The Morgan fingerprint density at radius 3 is 2.39 bits per heavy atom. The van der Waals surface area contributed by atoms with Crippen LogP contribution in [0.3, 0.4) is 0 Å². The van der Waals surface area contributed by atoms with Gasteiger partial charge in [0, 0.05) is 12.7 Å². The van der Waals surface area contributed by atoms with Crippen LogP contribution in [-0.2, 0) is 23.7 Å². The summed E-state index contributed by atoms with van der Waals surface area (Å²) in [5, 5.41) is 10.9. The molecule has 148 valence electrons. The molecule has 0 spiro atoms. The van der Waals surface area contributed by atoms with Crippen molar-refractivity contribution >= 4 is 5.97 Å². The van der Waals surface area contributed by atoms with Crippen LogP contribution in [0, 0.1) is 0 Å². The first-order valence-electron chi connectivity index (χ1n) is 9.11. The molecule has 0 amide bonds. The Kier molecular flexibility index (Phi) is 5.70. The van der Waals surface area contributed by atoms with Gasteiger partial charge < -0.3 is 28.8 Å². The van der Waals surface area contributed by atoms with Gasteiger partial charge >= 0.3 is 5.97 Å². The Labute approximate surface area is 162 Å². The fraction of sp³-hybridized carbons (Fsp3) is 0.381. The minimum atomic E-state index is -1.13. The second-order valence-corrected chi connectivity index (χ2v) is 6.68. The van der Waals surface area contributed by atoms with E-state index in [1.165, 1.54) is 7.11 Å². The van der Waals surface area contributed by atoms with Crippen LogP contribution in [0.4, 0.5) is 0 Å². The minimum absolute atomic E-state index is 0.223. The van der Waals surface area contributed by atoms with Crippen LogP contribution in [0.2, 0.25) is 0 Å². The summed E-state index contributed by atoms with van der Waals surface area (Å²) < 4.78 is 28.4. The van der Waals surface area contributed by atoms with Crippen molar-refractivity contribution in [2.24, 2.45) is 0 Å². The van der Waals surface area contributed by atoms with E-state index in [1.807, 2.05) is 30.3 Å². The summed E-state index contributed by atoms with van der Waals surface area (Å²) in [4.78, 5) is 12.5. The maximum absolute atomic E-state index is 12.5. The topological polar surface area (TPSA) is 83.5 Å². The van der Waals surface area contributed by atoms with Crippen molar-refractivity contribution in [3.63, 3.8) is 0 Å². The lowest BCUT2D eigenvalue weighted by molar-refractivity contribution is -0.357. The molecule has 2 saturated heterocycles. The molecule has 4 rings (SSSR count). The molecule has 2 aromatic carbocycles. The lowest BCUT2D eigenvalue weighted by Crippen LogP contribution is -2.63. The van der Waals surface area contributed by atoms with Crippen molar-refractivity contribution < 1.29 is 33.6 Å². The van der Waals surface area contributed by atoms with Crippen molar-refractivity contribution in [3.05, 3.63) is 71.8 Å². The molecule has 6 atom stereocenters. The number of aliphatic hydroxyl groups is 1. The average molecular weight is 386 g/mol. The van der Waals surface area contributed by atoms with Gasteiger partial charge in [0.15, 0.2) is 18.7 Å². The Bertz CT molecular complexity index is 782. The fourth-order valence-electron chi connectivity index (χ4n) is 3.43. The number of hydrogen-bond acceptors (Lipinski definition) is 7. The molecule has 2 aliphatic rings. The van der Waals surface area contributed by atoms with Crippen molar-refractivity contribution in [3.8, 4) is 0 Å². The second-order valence-electron chi connectivity index (χ2n) is 6.68. The molecule has 2 aromatic rings. The second kappa shape index (κ2) is 8.38. The first-order chi connectivity index (χ1) is 13.7. The van der Waals surface area contributed by atoms with Crippen LogP contribution < -0.4 is 0 Å². The zero-order valence-electron chi connectivity index (χ0n) is 15.3.